The molecule has 1 aromatic heterocycles. The van der Waals surface area contributed by atoms with Gasteiger partial charge in [-0.25, -0.2) is 9.78 Å². The maximum Gasteiger partial charge on any atom is 0.328 e. The number of para-hydroxylation sites is 1. The Morgan fingerprint density at radius 3 is 2.64 bits per heavy atom. The molecule has 3 heterocycles. The summed E-state index contributed by atoms with van der Waals surface area (Å²) in [4.78, 5) is 35.8. The standard InChI is InChI=1S/C24H27N4O7P/c1-2-25-24(29)27-16-9-6-10-17-20(16)26-14-28(17)23-22-21(18(33-23)13-36(30,31)32)34-19(35-22)12-11-15-7-4-3-5-8-15/h3-12,14,18-19,21-23H,2,13H2,1H3,(H2,25,27,29)(H2,30,31,32)/b12-11+/t18-,19+,21?,22?,23-/m1/s1. The number of urea groups is 1. The van der Waals surface area contributed by atoms with E-state index in [-0.39, 0.29) is 6.03 Å². The van der Waals surface area contributed by atoms with Crippen LogP contribution in [0.1, 0.15) is 18.7 Å². The van der Waals surface area contributed by atoms with Crippen LogP contribution in [0.3, 0.4) is 0 Å². The molecule has 190 valence electrons. The molecule has 3 aromatic rings. The Labute approximate surface area is 207 Å². The fourth-order valence-electron chi connectivity index (χ4n) is 4.50. The summed E-state index contributed by atoms with van der Waals surface area (Å²) in [7, 11) is -4.39. The maximum atomic E-state index is 12.0. The molecule has 2 aliphatic heterocycles. The Morgan fingerprint density at radius 2 is 1.89 bits per heavy atom. The van der Waals surface area contributed by atoms with Gasteiger partial charge in [0.1, 0.15) is 23.8 Å². The molecule has 36 heavy (non-hydrogen) atoms. The van der Waals surface area contributed by atoms with Gasteiger partial charge < -0.3 is 39.2 Å². The van der Waals surface area contributed by atoms with Crippen molar-refractivity contribution in [2.45, 2.75) is 37.8 Å². The van der Waals surface area contributed by atoms with Crippen LogP contribution in [0.15, 0.2) is 60.9 Å². The predicted molar refractivity (Wildman–Crippen MR) is 132 cm³/mol. The van der Waals surface area contributed by atoms with E-state index >= 15 is 0 Å². The first-order valence-electron chi connectivity index (χ1n) is 11.6. The second-order valence-corrected chi connectivity index (χ2v) is 10.3. The van der Waals surface area contributed by atoms with Crippen LogP contribution in [-0.2, 0) is 18.8 Å². The number of rotatable bonds is 7. The largest absolute Gasteiger partial charge is 0.348 e. The number of fused-ring (bicyclic) bond motifs is 2. The van der Waals surface area contributed by atoms with E-state index in [0.29, 0.717) is 23.3 Å². The summed E-state index contributed by atoms with van der Waals surface area (Å²) in [6.07, 6.45) is 1.02. The van der Waals surface area contributed by atoms with Crippen LogP contribution >= 0.6 is 7.60 Å². The fourth-order valence-corrected chi connectivity index (χ4v) is 5.26. The van der Waals surface area contributed by atoms with Crippen molar-refractivity contribution in [2.24, 2.45) is 0 Å². The van der Waals surface area contributed by atoms with Crippen LogP contribution in [0, 0.1) is 0 Å². The predicted octanol–water partition coefficient (Wildman–Crippen LogP) is 3.08. The molecule has 11 nitrogen and oxygen atoms in total. The maximum absolute atomic E-state index is 12.0. The highest BCUT2D eigenvalue weighted by atomic mass is 31.2. The van der Waals surface area contributed by atoms with Gasteiger partial charge in [-0.1, -0.05) is 42.5 Å². The molecule has 0 aliphatic carbocycles. The first-order valence-corrected chi connectivity index (χ1v) is 13.4. The molecule has 0 radical (unpaired) electrons. The van der Waals surface area contributed by atoms with E-state index < -0.39 is 44.6 Å². The second kappa shape index (κ2) is 10.1. The lowest BCUT2D eigenvalue weighted by atomic mass is 10.1. The SMILES string of the molecule is CCNC(=O)Nc1cccc2c1ncn2[C@@H]1O[C@H](CP(=O)(O)O)C2O[C@H](/C=C/c3ccccc3)OC21. The molecule has 0 saturated carbocycles. The number of nitrogens with zero attached hydrogens (tertiary/aromatic N) is 2. The summed E-state index contributed by atoms with van der Waals surface area (Å²) >= 11 is 0. The van der Waals surface area contributed by atoms with E-state index in [1.54, 1.807) is 29.1 Å². The first kappa shape index (κ1) is 24.6. The second-order valence-electron chi connectivity index (χ2n) is 8.56. The van der Waals surface area contributed by atoms with E-state index in [0.717, 1.165) is 5.56 Å². The van der Waals surface area contributed by atoms with Gasteiger partial charge in [0, 0.05) is 6.54 Å². The molecule has 2 aliphatic rings. The number of amides is 2. The first-order chi connectivity index (χ1) is 17.3. The van der Waals surface area contributed by atoms with Crippen LogP contribution in [-0.4, -0.2) is 62.7 Å². The van der Waals surface area contributed by atoms with E-state index in [1.807, 2.05) is 49.4 Å². The third-order valence-electron chi connectivity index (χ3n) is 6.00. The monoisotopic (exact) mass is 514 g/mol. The van der Waals surface area contributed by atoms with Gasteiger partial charge in [0.25, 0.3) is 0 Å². The topological polar surface area (TPSA) is 144 Å². The molecule has 2 unspecified atom stereocenters. The highest BCUT2D eigenvalue weighted by Crippen LogP contribution is 2.46. The number of benzene rings is 2. The minimum absolute atomic E-state index is 0.348. The van der Waals surface area contributed by atoms with Crippen molar-refractivity contribution < 1.29 is 33.4 Å². The van der Waals surface area contributed by atoms with Gasteiger partial charge in [0.15, 0.2) is 12.5 Å². The summed E-state index contributed by atoms with van der Waals surface area (Å²) in [5, 5.41) is 5.46. The van der Waals surface area contributed by atoms with Crippen molar-refractivity contribution in [1.82, 2.24) is 14.9 Å². The van der Waals surface area contributed by atoms with Crippen molar-refractivity contribution in [3.63, 3.8) is 0 Å². The summed E-state index contributed by atoms with van der Waals surface area (Å²) in [5.41, 5.74) is 2.69. The van der Waals surface area contributed by atoms with Gasteiger partial charge >= 0.3 is 13.6 Å². The summed E-state index contributed by atoms with van der Waals surface area (Å²) in [6.45, 7) is 2.30. The Bertz CT molecular complexity index is 1310. The van der Waals surface area contributed by atoms with Crippen LogP contribution < -0.4 is 10.6 Å². The van der Waals surface area contributed by atoms with Crippen molar-refractivity contribution in [1.29, 1.82) is 0 Å². The van der Waals surface area contributed by atoms with Crippen molar-refractivity contribution >= 4 is 36.4 Å². The Balaban J connectivity index is 1.43. The van der Waals surface area contributed by atoms with Crippen molar-refractivity contribution in [2.75, 3.05) is 18.0 Å². The third-order valence-corrected chi connectivity index (χ3v) is 6.83. The zero-order chi connectivity index (χ0) is 25.3. The van der Waals surface area contributed by atoms with Gasteiger partial charge in [0.05, 0.1) is 23.7 Å². The molecule has 2 fully saturated rings. The Morgan fingerprint density at radius 1 is 1.11 bits per heavy atom. The van der Waals surface area contributed by atoms with Crippen molar-refractivity contribution in [3.05, 3.63) is 66.5 Å². The zero-order valence-electron chi connectivity index (χ0n) is 19.4. The minimum Gasteiger partial charge on any atom is -0.348 e. The van der Waals surface area contributed by atoms with Gasteiger partial charge in [-0.2, -0.15) is 0 Å². The molecule has 0 spiro atoms. The fraction of sp³-hybridized carbons (Fsp3) is 0.333. The van der Waals surface area contributed by atoms with E-state index in [9.17, 15) is 19.1 Å². The normalized spacial score (nSPS) is 25.9. The van der Waals surface area contributed by atoms with Gasteiger partial charge in [-0.05, 0) is 30.7 Å². The molecule has 5 atom stereocenters. The van der Waals surface area contributed by atoms with E-state index in [1.165, 1.54) is 0 Å². The number of imidazole rings is 1. The summed E-state index contributed by atoms with van der Waals surface area (Å²) in [5.74, 6) is 0. The number of carbonyl (C=O) groups is 1. The van der Waals surface area contributed by atoms with Crippen LogP contribution in [0.4, 0.5) is 10.5 Å². The molecule has 12 heteroatoms. The lowest BCUT2D eigenvalue weighted by Crippen LogP contribution is -2.31. The number of anilines is 1. The Kier molecular flexibility index (Phi) is 6.94. The summed E-state index contributed by atoms with van der Waals surface area (Å²) < 4.78 is 31.8. The average molecular weight is 514 g/mol. The molecule has 4 N–H and O–H groups in total. The van der Waals surface area contributed by atoms with Crippen LogP contribution in [0.25, 0.3) is 17.1 Å². The molecule has 0 bridgehead atoms. The number of aromatic nitrogens is 2. The average Bonchev–Trinajstić information content (AvgIpc) is 3.53. The lowest BCUT2D eigenvalue weighted by Gasteiger charge is -2.21. The van der Waals surface area contributed by atoms with Gasteiger partial charge in [-0.15, -0.1) is 0 Å². The summed E-state index contributed by atoms with van der Waals surface area (Å²) in [6, 6.07) is 14.6. The van der Waals surface area contributed by atoms with Gasteiger partial charge in [-0.3, -0.25) is 4.57 Å². The van der Waals surface area contributed by atoms with Crippen molar-refractivity contribution in [3.8, 4) is 0 Å². The van der Waals surface area contributed by atoms with Crippen LogP contribution in [0.2, 0.25) is 0 Å². The number of hydrogen-bond acceptors (Lipinski definition) is 6. The Hall–Kier alpha value is -3.05. The lowest BCUT2D eigenvalue weighted by molar-refractivity contribution is -0.121. The number of nitrogens with one attached hydrogen (secondary N) is 2. The molecular formula is C24H27N4O7P. The zero-order valence-corrected chi connectivity index (χ0v) is 20.3. The smallest absolute Gasteiger partial charge is 0.328 e. The molecule has 2 saturated heterocycles. The highest BCUT2D eigenvalue weighted by Gasteiger charge is 2.54. The quantitative estimate of drug-likeness (QED) is 0.352. The van der Waals surface area contributed by atoms with Crippen LogP contribution in [0.5, 0.6) is 0 Å². The molecule has 5 rings (SSSR count). The third kappa shape index (κ3) is 5.22. The van der Waals surface area contributed by atoms with E-state index in [4.69, 9.17) is 14.2 Å². The molecular weight excluding hydrogens is 487 g/mol. The highest BCUT2D eigenvalue weighted by molar-refractivity contribution is 7.51. The molecule has 2 amide bonds. The molecule has 2 aromatic carbocycles. The number of hydrogen-bond donors (Lipinski definition) is 4. The minimum atomic E-state index is -4.39. The number of ether oxygens (including phenoxy) is 3. The number of carbonyl (C=O) groups excluding carboxylic acids is 1. The van der Waals surface area contributed by atoms with Gasteiger partial charge in [0.2, 0.25) is 0 Å². The van der Waals surface area contributed by atoms with E-state index in [2.05, 4.69) is 15.6 Å².